The zero-order valence-corrected chi connectivity index (χ0v) is 7.92. The standard InChI is InChI=1S/C5H10NO7P.Na.H/c7-4(8)1-6(2-5(9)10)3-14(11,12)13;;/h1-3H2,(H,7,8)(H,9,10)(H2,11,12,13);;. The quantitative estimate of drug-likeness (QED) is 0.312. The Morgan fingerprint density at radius 2 is 1.40 bits per heavy atom. The van der Waals surface area contributed by atoms with Gasteiger partial charge in [-0.15, -0.1) is 0 Å². The second-order valence-corrected chi connectivity index (χ2v) is 4.19. The summed E-state index contributed by atoms with van der Waals surface area (Å²) in [6, 6.07) is 0. The number of hydrogen-bond donors (Lipinski definition) is 4. The van der Waals surface area contributed by atoms with E-state index in [1.165, 1.54) is 0 Å². The van der Waals surface area contributed by atoms with Crippen molar-refractivity contribution in [1.29, 1.82) is 0 Å². The van der Waals surface area contributed by atoms with Crippen molar-refractivity contribution in [3.05, 3.63) is 0 Å². The summed E-state index contributed by atoms with van der Waals surface area (Å²) in [5.74, 6) is -2.70. The molecule has 10 heteroatoms. The van der Waals surface area contributed by atoms with Crippen LogP contribution in [0.3, 0.4) is 0 Å². The number of nitrogens with zero attached hydrogens (tertiary/aromatic N) is 1. The molecule has 0 heterocycles. The van der Waals surface area contributed by atoms with Gasteiger partial charge in [-0.05, 0) is 0 Å². The van der Waals surface area contributed by atoms with Crippen LogP contribution in [0.2, 0.25) is 0 Å². The molecule has 0 aliphatic carbocycles. The molecule has 0 saturated carbocycles. The Morgan fingerprint density at radius 1 is 1.07 bits per heavy atom. The number of carboxylic acids is 2. The van der Waals surface area contributed by atoms with Crippen LogP contribution in [0.25, 0.3) is 0 Å². The van der Waals surface area contributed by atoms with Crippen molar-refractivity contribution in [3.8, 4) is 0 Å². The van der Waals surface area contributed by atoms with E-state index in [-0.39, 0.29) is 29.6 Å². The van der Waals surface area contributed by atoms with Gasteiger partial charge in [0.25, 0.3) is 0 Å². The van der Waals surface area contributed by atoms with Crippen LogP contribution in [0.5, 0.6) is 0 Å². The van der Waals surface area contributed by atoms with Crippen molar-refractivity contribution in [2.24, 2.45) is 0 Å². The first kappa shape index (κ1) is 17.4. The van der Waals surface area contributed by atoms with Gasteiger partial charge in [0, 0.05) is 0 Å². The van der Waals surface area contributed by atoms with Crippen LogP contribution < -0.4 is 0 Å². The van der Waals surface area contributed by atoms with Gasteiger partial charge in [-0.2, -0.15) is 0 Å². The first-order valence-electron chi connectivity index (χ1n) is 3.41. The van der Waals surface area contributed by atoms with Crippen LogP contribution in [0, 0.1) is 0 Å². The summed E-state index contributed by atoms with van der Waals surface area (Å²) in [7, 11) is -4.44. The van der Waals surface area contributed by atoms with Crippen molar-refractivity contribution < 1.29 is 34.2 Å². The van der Waals surface area contributed by atoms with Crippen molar-refractivity contribution in [2.75, 3.05) is 19.4 Å². The fraction of sp³-hybridized carbons (Fsp3) is 0.600. The summed E-state index contributed by atoms with van der Waals surface area (Å²) in [4.78, 5) is 38.0. The van der Waals surface area contributed by atoms with Crippen LogP contribution >= 0.6 is 7.60 Å². The van der Waals surface area contributed by atoms with Crippen LogP contribution in [-0.4, -0.2) is 85.8 Å². The molecule has 0 atom stereocenters. The second-order valence-electron chi connectivity index (χ2n) is 2.58. The molecular formula is C5H11NNaO7P. The van der Waals surface area contributed by atoms with Crippen molar-refractivity contribution >= 4 is 49.1 Å². The van der Waals surface area contributed by atoms with Gasteiger partial charge >= 0.3 is 49.1 Å². The van der Waals surface area contributed by atoms with Crippen molar-refractivity contribution in [2.45, 2.75) is 0 Å². The molecule has 84 valence electrons. The molecule has 4 N–H and O–H groups in total. The number of hydrogen-bond acceptors (Lipinski definition) is 4. The second kappa shape index (κ2) is 7.34. The molecule has 0 aromatic carbocycles. The van der Waals surface area contributed by atoms with E-state index in [1.54, 1.807) is 0 Å². The van der Waals surface area contributed by atoms with E-state index in [0.717, 1.165) is 0 Å². The van der Waals surface area contributed by atoms with Crippen LogP contribution in [-0.2, 0) is 14.2 Å². The Labute approximate surface area is 107 Å². The molecule has 0 aromatic rings. The molecule has 0 unspecified atom stereocenters. The average Bonchev–Trinajstić information content (AvgIpc) is 1.77. The molecule has 0 fully saturated rings. The minimum absolute atomic E-state index is 0. The SMILES string of the molecule is O=C(O)CN(CC(=O)O)CP(=O)(O)O.[NaH]. The first-order chi connectivity index (χ1) is 6.20. The van der Waals surface area contributed by atoms with Crippen molar-refractivity contribution in [3.63, 3.8) is 0 Å². The monoisotopic (exact) mass is 251 g/mol. The third kappa shape index (κ3) is 12.0. The molecule has 0 aliphatic heterocycles. The summed E-state index contributed by atoms with van der Waals surface area (Å²) in [5, 5.41) is 16.6. The van der Waals surface area contributed by atoms with Crippen LogP contribution in [0.4, 0.5) is 0 Å². The maximum absolute atomic E-state index is 10.5. The molecule has 0 saturated heterocycles. The maximum atomic E-state index is 10.5. The van der Waals surface area contributed by atoms with E-state index in [0.29, 0.717) is 4.90 Å². The zero-order valence-electron chi connectivity index (χ0n) is 7.03. The summed E-state index contributed by atoms with van der Waals surface area (Å²) in [5.41, 5.74) is 0. The zero-order chi connectivity index (χ0) is 11.4. The van der Waals surface area contributed by atoms with E-state index in [2.05, 4.69) is 0 Å². The number of rotatable bonds is 6. The van der Waals surface area contributed by atoms with Crippen molar-refractivity contribution in [1.82, 2.24) is 4.90 Å². The van der Waals surface area contributed by atoms with E-state index in [1.807, 2.05) is 0 Å². The Morgan fingerprint density at radius 3 is 1.60 bits per heavy atom. The van der Waals surface area contributed by atoms with Gasteiger partial charge in [0.1, 0.15) is 6.29 Å². The molecule has 0 spiro atoms. The van der Waals surface area contributed by atoms with E-state index >= 15 is 0 Å². The number of aliphatic carboxylic acids is 2. The average molecular weight is 251 g/mol. The van der Waals surface area contributed by atoms with Crippen LogP contribution in [0.1, 0.15) is 0 Å². The molecule has 0 rings (SSSR count). The first-order valence-corrected chi connectivity index (χ1v) is 5.21. The molecular weight excluding hydrogens is 240 g/mol. The van der Waals surface area contributed by atoms with E-state index in [4.69, 9.17) is 20.0 Å². The van der Waals surface area contributed by atoms with Gasteiger partial charge in [-0.25, -0.2) is 0 Å². The summed E-state index contributed by atoms with van der Waals surface area (Å²) < 4.78 is 10.5. The fourth-order valence-corrected chi connectivity index (χ4v) is 1.52. The Balaban J connectivity index is 0. The Kier molecular flexibility index (Phi) is 8.54. The fourth-order valence-electron chi connectivity index (χ4n) is 0.799. The summed E-state index contributed by atoms with van der Waals surface area (Å²) >= 11 is 0. The molecule has 0 aliphatic rings. The van der Waals surface area contributed by atoms with Gasteiger partial charge in [0.2, 0.25) is 0 Å². The van der Waals surface area contributed by atoms with Gasteiger partial charge in [0.05, 0.1) is 13.1 Å². The van der Waals surface area contributed by atoms with E-state index < -0.39 is 38.9 Å². The summed E-state index contributed by atoms with van der Waals surface area (Å²) in [6.45, 7) is -1.45. The third-order valence-corrected chi connectivity index (χ3v) is 1.87. The number of carbonyl (C=O) groups is 2. The Bertz CT molecular complexity index is 261. The van der Waals surface area contributed by atoms with Gasteiger partial charge in [0.15, 0.2) is 0 Å². The summed E-state index contributed by atoms with van der Waals surface area (Å²) in [6.07, 6.45) is -0.883. The predicted octanol–water partition coefficient (Wildman–Crippen LogP) is -2.06. The van der Waals surface area contributed by atoms with Gasteiger partial charge in [-0.1, -0.05) is 0 Å². The molecule has 8 nitrogen and oxygen atoms in total. The third-order valence-electron chi connectivity index (χ3n) is 1.10. The van der Waals surface area contributed by atoms with Crippen LogP contribution in [0.15, 0.2) is 0 Å². The molecule has 15 heavy (non-hydrogen) atoms. The predicted molar refractivity (Wildman–Crippen MR) is 50.9 cm³/mol. The molecule has 0 radical (unpaired) electrons. The molecule has 0 bridgehead atoms. The number of carboxylic acid groups (broad SMARTS) is 2. The van der Waals surface area contributed by atoms with Gasteiger partial charge in [-0.3, -0.25) is 19.1 Å². The topological polar surface area (TPSA) is 135 Å². The molecule has 0 amide bonds. The molecule has 0 aromatic heterocycles. The Hall–Kier alpha value is 0.0500. The van der Waals surface area contributed by atoms with Gasteiger partial charge < -0.3 is 20.0 Å². The minimum atomic E-state index is -4.44. The van der Waals surface area contributed by atoms with E-state index in [9.17, 15) is 14.2 Å². The normalized spacial score (nSPS) is 10.9.